The molecule has 0 bridgehead atoms. The van der Waals surface area contributed by atoms with E-state index < -0.39 is 6.10 Å². The van der Waals surface area contributed by atoms with Gasteiger partial charge in [0.2, 0.25) is 5.88 Å². The van der Waals surface area contributed by atoms with Crippen molar-refractivity contribution in [2.24, 2.45) is 5.92 Å². The Morgan fingerprint density at radius 2 is 2.13 bits per heavy atom. The van der Waals surface area contributed by atoms with Gasteiger partial charge in [-0.3, -0.25) is 4.79 Å². The molecule has 1 aliphatic rings. The number of likely N-dealkylation sites (N-methyl/N-ethyl adjacent to an activating group) is 1. The molecule has 1 aromatic carbocycles. The highest BCUT2D eigenvalue weighted by atomic mass is 79.9. The number of halogens is 1. The number of benzene rings is 1. The summed E-state index contributed by atoms with van der Waals surface area (Å²) >= 11 is 3.36. The molecule has 3 atom stereocenters. The maximum Gasteiger partial charge on any atom is 0.321 e. The van der Waals surface area contributed by atoms with Crippen LogP contribution >= 0.6 is 15.9 Å². The average molecular weight is 491 g/mol. The Bertz CT molecular complexity index is 927. The molecule has 166 valence electrons. The van der Waals surface area contributed by atoms with Crippen molar-refractivity contribution in [3.63, 3.8) is 0 Å². The van der Waals surface area contributed by atoms with Crippen LogP contribution in [0.15, 0.2) is 47.1 Å². The molecule has 0 unspecified atom stereocenters. The number of amides is 3. The van der Waals surface area contributed by atoms with Gasteiger partial charge >= 0.3 is 6.03 Å². The summed E-state index contributed by atoms with van der Waals surface area (Å²) in [5.74, 6) is -0.133. The fourth-order valence-electron chi connectivity index (χ4n) is 3.39. The molecule has 1 aliphatic heterocycles. The predicted molar refractivity (Wildman–Crippen MR) is 121 cm³/mol. The van der Waals surface area contributed by atoms with Crippen molar-refractivity contribution in [3.05, 3.63) is 52.6 Å². The van der Waals surface area contributed by atoms with Crippen LogP contribution in [0.3, 0.4) is 0 Å². The smallest absolute Gasteiger partial charge is 0.321 e. The Kier molecular flexibility index (Phi) is 7.50. The number of aromatic nitrogens is 1. The lowest BCUT2D eigenvalue weighted by Gasteiger charge is -2.37. The number of rotatable bonds is 5. The van der Waals surface area contributed by atoms with Gasteiger partial charge in [-0.15, -0.1) is 0 Å². The van der Waals surface area contributed by atoms with Crippen LogP contribution in [-0.4, -0.2) is 70.7 Å². The Morgan fingerprint density at radius 1 is 1.42 bits per heavy atom. The minimum absolute atomic E-state index is 0.108. The van der Waals surface area contributed by atoms with E-state index in [1.807, 2.05) is 37.3 Å². The van der Waals surface area contributed by atoms with Gasteiger partial charge in [0.05, 0.1) is 19.2 Å². The number of anilines is 1. The SMILES string of the molecule is C[C@H]1CN([C@@H](C)CO)C(=O)c2cc(Br)cnc2O[C@@H]1CN(C)C(=O)Nc1ccccc1. The summed E-state index contributed by atoms with van der Waals surface area (Å²) in [6.07, 6.45) is 1.17. The molecule has 8 nitrogen and oxygen atoms in total. The monoisotopic (exact) mass is 490 g/mol. The van der Waals surface area contributed by atoms with Gasteiger partial charge in [-0.25, -0.2) is 9.78 Å². The van der Waals surface area contributed by atoms with Gasteiger partial charge in [-0.1, -0.05) is 25.1 Å². The molecular formula is C22H27BrN4O4. The molecule has 2 heterocycles. The molecule has 1 aromatic heterocycles. The molecule has 2 N–H and O–H groups in total. The summed E-state index contributed by atoms with van der Waals surface area (Å²) in [4.78, 5) is 33.3. The van der Waals surface area contributed by atoms with Crippen LogP contribution in [0.1, 0.15) is 24.2 Å². The number of para-hydroxylation sites is 1. The van der Waals surface area contributed by atoms with Crippen molar-refractivity contribution in [2.75, 3.05) is 32.1 Å². The first-order chi connectivity index (χ1) is 14.8. The Hall–Kier alpha value is -2.65. The van der Waals surface area contributed by atoms with Crippen molar-refractivity contribution in [1.29, 1.82) is 0 Å². The van der Waals surface area contributed by atoms with Gasteiger partial charge in [0, 0.05) is 35.9 Å². The second-order valence-corrected chi connectivity index (χ2v) is 8.72. The summed E-state index contributed by atoms with van der Waals surface area (Å²) in [6, 6.07) is 10.3. The number of pyridine rings is 1. The second kappa shape index (κ2) is 10.1. The predicted octanol–water partition coefficient (Wildman–Crippen LogP) is 3.23. The number of carbonyl (C=O) groups excluding carboxylic acids is 2. The number of aliphatic hydroxyl groups excluding tert-OH is 1. The zero-order valence-electron chi connectivity index (χ0n) is 17.8. The Morgan fingerprint density at radius 3 is 2.81 bits per heavy atom. The van der Waals surface area contributed by atoms with Crippen LogP contribution in [0.25, 0.3) is 0 Å². The van der Waals surface area contributed by atoms with E-state index >= 15 is 0 Å². The van der Waals surface area contributed by atoms with Crippen molar-refractivity contribution in [1.82, 2.24) is 14.8 Å². The van der Waals surface area contributed by atoms with E-state index in [0.717, 1.165) is 0 Å². The fraction of sp³-hybridized carbons (Fsp3) is 0.409. The van der Waals surface area contributed by atoms with Crippen LogP contribution < -0.4 is 10.1 Å². The third kappa shape index (κ3) is 5.54. The number of fused-ring (bicyclic) bond motifs is 1. The highest BCUT2D eigenvalue weighted by Crippen LogP contribution is 2.28. The first-order valence-corrected chi connectivity index (χ1v) is 10.9. The number of urea groups is 1. The normalized spacial score (nSPS) is 19.5. The van der Waals surface area contributed by atoms with Crippen LogP contribution in [0.4, 0.5) is 10.5 Å². The zero-order chi connectivity index (χ0) is 22.5. The van der Waals surface area contributed by atoms with E-state index in [4.69, 9.17) is 4.74 Å². The molecule has 31 heavy (non-hydrogen) atoms. The van der Waals surface area contributed by atoms with Gasteiger partial charge in [0.15, 0.2) is 0 Å². The largest absolute Gasteiger partial charge is 0.472 e. The maximum absolute atomic E-state index is 13.1. The Balaban J connectivity index is 1.83. The van der Waals surface area contributed by atoms with Crippen LogP contribution in [0.2, 0.25) is 0 Å². The van der Waals surface area contributed by atoms with E-state index in [0.29, 0.717) is 28.8 Å². The summed E-state index contributed by atoms with van der Waals surface area (Å²) in [7, 11) is 1.70. The van der Waals surface area contributed by atoms with Crippen LogP contribution in [0, 0.1) is 5.92 Å². The number of nitrogens with one attached hydrogen (secondary N) is 1. The van der Waals surface area contributed by atoms with Gasteiger partial charge in [0.1, 0.15) is 11.7 Å². The highest BCUT2D eigenvalue weighted by Gasteiger charge is 2.34. The molecule has 9 heteroatoms. The van der Waals surface area contributed by atoms with E-state index in [2.05, 4.69) is 26.2 Å². The molecule has 3 amide bonds. The Labute approximate surface area is 190 Å². The van der Waals surface area contributed by atoms with Gasteiger partial charge < -0.3 is 25.0 Å². The van der Waals surface area contributed by atoms with E-state index in [1.165, 1.54) is 0 Å². The first-order valence-electron chi connectivity index (χ1n) is 10.1. The first kappa shape index (κ1) is 23.0. The third-order valence-electron chi connectivity index (χ3n) is 5.31. The summed E-state index contributed by atoms with van der Waals surface area (Å²) in [5, 5.41) is 12.5. The lowest BCUT2D eigenvalue weighted by Crippen LogP contribution is -2.50. The molecule has 0 aliphatic carbocycles. The number of hydrogen-bond acceptors (Lipinski definition) is 5. The molecule has 3 rings (SSSR count). The van der Waals surface area contributed by atoms with Gasteiger partial charge in [0.25, 0.3) is 5.91 Å². The molecule has 0 radical (unpaired) electrons. The molecule has 2 aromatic rings. The van der Waals surface area contributed by atoms with Gasteiger partial charge in [-0.05, 0) is 41.1 Å². The topological polar surface area (TPSA) is 95.0 Å². The minimum atomic E-state index is -0.402. The summed E-state index contributed by atoms with van der Waals surface area (Å²) in [6.45, 7) is 4.28. The number of aliphatic hydroxyl groups is 1. The molecule has 0 fully saturated rings. The molecule has 0 spiro atoms. The minimum Gasteiger partial charge on any atom is -0.472 e. The number of hydrogen-bond donors (Lipinski definition) is 2. The third-order valence-corrected chi connectivity index (χ3v) is 5.75. The zero-order valence-corrected chi connectivity index (χ0v) is 19.4. The summed E-state index contributed by atoms with van der Waals surface area (Å²) in [5.41, 5.74) is 1.03. The molecule has 0 saturated carbocycles. The average Bonchev–Trinajstić information content (AvgIpc) is 2.76. The standard InChI is InChI=1S/C22H27BrN4O4/c1-14-11-27(15(2)13-28)21(29)18-9-16(23)10-24-20(18)31-19(14)12-26(3)22(30)25-17-7-5-4-6-8-17/h4-10,14-15,19,28H,11-13H2,1-3H3,(H,25,30)/t14-,15-,19+/m0/s1. The maximum atomic E-state index is 13.1. The van der Waals surface area contributed by atoms with E-state index in [1.54, 1.807) is 36.0 Å². The van der Waals surface area contributed by atoms with Crippen molar-refractivity contribution >= 4 is 33.6 Å². The van der Waals surface area contributed by atoms with Crippen LogP contribution in [0.5, 0.6) is 5.88 Å². The molecular weight excluding hydrogens is 464 g/mol. The lowest BCUT2D eigenvalue weighted by atomic mass is 10.0. The van der Waals surface area contributed by atoms with E-state index in [-0.39, 0.29) is 36.4 Å². The number of carbonyl (C=O) groups is 2. The van der Waals surface area contributed by atoms with E-state index in [9.17, 15) is 14.7 Å². The van der Waals surface area contributed by atoms with Crippen molar-refractivity contribution in [3.8, 4) is 5.88 Å². The summed E-state index contributed by atoms with van der Waals surface area (Å²) < 4.78 is 6.80. The lowest BCUT2D eigenvalue weighted by molar-refractivity contribution is 0.0356. The quantitative estimate of drug-likeness (QED) is 0.670. The molecule has 0 saturated heterocycles. The van der Waals surface area contributed by atoms with Crippen molar-refractivity contribution in [2.45, 2.75) is 26.0 Å². The van der Waals surface area contributed by atoms with Crippen LogP contribution in [-0.2, 0) is 0 Å². The second-order valence-electron chi connectivity index (χ2n) is 7.81. The van der Waals surface area contributed by atoms with Gasteiger partial charge in [-0.2, -0.15) is 0 Å². The fourth-order valence-corrected chi connectivity index (χ4v) is 3.72. The highest BCUT2D eigenvalue weighted by molar-refractivity contribution is 9.10. The number of nitrogens with zero attached hydrogens (tertiary/aromatic N) is 3. The number of ether oxygens (including phenoxy) is 1. The van der Waals surface area contributed by atoms with Crippen molar-refractivity contribution < 1.29 is 19.4 Å².